The van der Waals surface area contributed by atoms with Crippen molar-refractivity contribution in [2.24, 2.45) is 0 Å². The van der Waals surface area contributed by atoms with Gasteiger partial charge in [0.15, 0.2) is 5.69 Å². The monoisotopic (exact) mass is 501 g/mol. The Kier molecular flexibility index (Phi) is 8.38. The first-order valence-electron chi connectivity index (χ1n) is 12.9. The average Bonchev–Trinajstić information content (AvgIpc) is 3.27. The average molecular weight is 502 g/mol. The molecule has 1 aliphatic heterocycles. The topological polar surface area (TPSA) is 78.8 Å². The summed E-state index contributed by atoms with van der Waals surface area (Å²) in [5, 5.41) is 4.48. The van der Waals surface area contributed by atoms with Crippen LogP contribution in [-0.2, 0) is 24.4 Å². The van der Waals surface area contributed by atoms with Crippen LogP contribution in [0.1, 0.15) is 57.4 Å². The number of carbonyl (C=O) groups excluding carboxylic acids is 3. The first-order valence-corrected chi connectivity index (χ1v) is 12.9. The maximum absolute atomic E-state index is 13.3. The number of fused-ring (bicyclic) bond motifs is 1. The molecule has 37 heavy (non-hydrogen) atoms. The molecule has 0 N–H and O–H groups in total. The van der Waals surface area contributed by atoms with Crippen LogP contribution in [0.4, 0.5) is 0 Å². The van der Waals surface area contributed by atoms with Crippen molar-refractivity contribution in [1.82, 2.24) is 24.5 Å². The lowest BCUT2D eigenvalue weighted by molar-refractivity contribution is -0.130. The highest BCUT2D eigenvalue weighted by molar-refractivity contribution is 5.98. The molecule has 4 rings (SSSR count). The van der Waals surface area contributed by atoms with E-state index in [9.17, 15) is 14.4 Å². The lowest BCUT2D eigenvalue weighted by Gasteiger charge is -2.22. The Morgan fingerprint density at radius 3 is 2.43 bits per heavy atom. The lowest BCUT2D eigenvalue weighted by Crippen LogP contribution is -2.36. The van der Waals surface area contributed by atoms with Gasteiger partial charge in [-0.1, -0.05) is 60.2 Å². The number of amides is 3. The van der Waals surface area contributed by atoms with Crippen molar-refractivity contribution in [1.29, 1.82) is 0 Å². The van der Waals surface area contributed by atoms with Gasteiger partial charge in [-0.3, -0.25) is 19.1 Å². The number of aryl methyl sites for hydroxylation is 2. The highest BCUT2D eigenvalue weighted by atomic mass is 16.2. The maximum Gasteiger partial charge on any atom is 0.274 e. The van der Waals surface area contributed by atoms with Gasteiger partial charge in [0.25, 0.3) is 11.8 Å². The van der Waals surface area contributed by atoms with Gasteiger partial charge < -0.3 is 14.7 Å². The van der Waals surface area contributed by atoms with Crippen molar-refractivity contribution in [3.05, 3.63) is 88.7 Å². The number of benzene rings is 2. The van der Waals surface area contributed by atoms with Gasteiger partial charge in [-0.25, -0.2) is 0 Å². The molecule has 0 aliphatic carbocycles. The van der Waals surface area contributed by atoms with Crippen LogP contribution in [0, 0.1) is 6.92 Å². The fraction of sp³-hybridized carbons (Fsp3) is 0.379. The Balaban J connectivity index is 1.39. The molecule has 0 bridgehead atoms. The first-order chi connectivity index (χ1) is 17.9. The smallest absolute Gasteiger partial charge is 0.274 e. The van der Waals surface area contributed by atoms with Crippen LogP contribution >= 0.6 is 0 Å². The van der Waals surface area contributed by atoms with Crippen molar-refractivity contribution >= 4 is 17.7 Å². The second kappa shape index (κ2) is 11.9. The number of aromatic nitrogens is 2. The van der Waals surface area contributed by atoms with E-state index < -0.39 is 0 Å². The van der Waals surface area contributed by atoms with E-state index in [-0.39, 0.29) is 29.8 Å². The van der Waals surface area contributed by atoms with Crippen molar-refractivity contribution in [2.45, 2.75) is 46.3 Å². The lowest BCUT2D eigenvalue weighted by atomic mass is 10.1. The molecule has 8 nitrogen and oxygen atoms in total. The van der Waals surface area contributed by atoms with Crippen molar-refractivity contribution in [3.8, 4) is 0 Å². The Morgan fingerprint density at radius 2 is 1.73 bits per heavy atom. The summed E-state index contributed by atoms with van der Waals surface area (Å²) in [4.78, 5) is 44.4. The Hall–Kier alpha value is -3.94. The molecule has 3 amide bonds. The largest absolute Gasteiger partial charge is 0.341 e. The summed E-state index contributed by atoms with van der Waals surface area (Å²) < 4.78 is 1.65. The second-order valence-corrected chi connectivity index (χ2v) is 9.57. The fourth-order valence-electron chi connectivity index (χ4n) is 4.54. The molecule has 0 spiro atoms. The van der Waals surface area contributed by atoms with Crippen LogP contribution in [0.15, 0.2) is 60.7 Å². The summed E-state index contributed by atoms with van der Waals surface area (Å²) in [6.45, 7) is 6.92. The quantitative estimate of drug-likeness (QED) is 0.447. The number of hydrogen-bond acceptors (Lipinski definition) is 4. The zero-order valence-electron chi connectivity index (χ0n) is 21.9. The van der Waals surface area contributed by atoms with E-state index in [1.165, 1.54) is 5.56 Å². The van der Waals surface area contributed by atoms with Gasteiger partial charge >= 0.3 is 0 Å². The van der Waals surface area contributed by atoms with E-state index in [2.05, 4.69) is 5.10 Å². The van der Waals surface area contributed by atoms with Crippen LogP contribution in [0.3, 0.4) is 0 Å². The van der Waals surface area contributed by atoms with Crippen LogP contribution in [0.2, 0.25) is 0 Å². The fourth-order valence-corrected chi connectivity index (χ4v) is 4.54. The second-order valence-electron chi connectivity index (χ2n) is 9.57. The predicted octanol–water partition coefficient (Wildman–Crippen LogP) is 3.75. The molecule has 1 aliphatic rings. The normalized spacial score (nSPS) is 13.2. The summed E-state index contributed by atoms with van der Waals surface area (Å²) in [6, 6.07) is 19.6. The summed E-state index contributed by atoms with van der Waals surface area (Å²) in [6.07, 6.45) is 0.986. The minimum Gasteiger partial charge on any atom is -0.341 e. The molecule has 0 saturated heterocycles. The van der Waals surface area contributed by atoms with Crippen molar-refractivity contribution in [2.75, 3.05) is 26.7 Å². The van der Waals surface area contributed by atoms with Gasteiger partial charge in [0.05, 0.1) is 0 Å². The number of rotatable bonds is 9. The molecule has 8 heteroatoms. The molecular formula is C29H35N5O3. The van der Waals surface area contributed by atoms with Crippen molar-refractivity contribution < 1.29 is 14.4 Å². The molecule has 194 valence electrons. The molecule has 0 atom stereocenters. The molecular weight excluding hydrogens is 466 g/mol. The first kappa shape index (κ1) is 26.1. The van der Waals surface area contributed by atoms with E-state index in [4.69, 9.17) is 0 Å². The molecule has 0 radical (unpaired) electrons. The minimum absolute atomic E-state index is 0.0300. The predicted molar refractivity (Wildman–Crippen MR) is 142 cm³/mol. The summed E-state index contributed by atoms with van der Waals surface area (Å²) >= 11 is 0. The highest BCUT2D eigenvalue weighted by Gasteiger charge is 2.28. The summed E-state index contributed by atoms with van der Waals surface area (Å²) in [5.74, 6) is -0.414. The van der Waals surface area contributed by atoms with E-state index in [0.717, 1.165) is 17.5 Å². The Labute approximate surface area is 218 Å². The van der Waals surface area contributed by atoms with Gasteiger partial charge in [0.2, 0.25) is 5.91 Å². The van der Waals surface area contributed by atoms with E-state index in [1.807, 2.05) is 73.3 Å². The zero-order valence-corrected chi connectivity index (χ0v) is 21.9. The van der Waals surface area contributed by atoms with E-state index >= 15 is 0 Å². The maximum atomic E-state index is 13.3. The molecule has 0 saturated carbocycles. The summed E-state index contributed by atoms with van der Waals surface area (Å²) in [5.41, 5.74) is 3.98. The summed E-state index contributed by atoms with van der Waals surface area (Å²) in [7, 11) is 1.77. The van der Waals surface area contributed by atoms with Crippen molar-refractivity contribution in [3.63, 3.8) is 0 Å². The van der Waals surface area contributed by atoms with E-state index in [1.54, 1.807) is 27.6 Å². The number of nitrogens with zero attached hydrogens (tertiary/aromatic N) is 5. The minimum atomic E-state index is -0.264. The zero-order chi connectivity index (χ0) is 26.4. The third kappa shape index (κ3) is 6.44. The van der Waals surface area contributed by atoms with Gasteiger partial charge in [-0.05, 0) is 31.4 Å². The molecule has 2 aromatic carbocycles. The number of carbonyl (C=O) groups is 3. The Morgan fingerprint density at radius 1 is 1.00 bits per heavy atom. The van der Waals surface area contributed by atoms with Crippen LogP contribution in [0.25, 0.3) is 0 Å². The van der Waals surface area contributed by atoms with Gasteiger partial charge in [-0.2, -0.15) is 5.10 Å². The molecule has 3 aromatic rings. The molecule has 0 fully saturated rings. The van der Waals surface area contributed by atoms with Crippen LogP contribution < -0.4 is 0 Å². The molecule has 1 aromatic heterocycles. The van der Waals surface area contributed by atoms with E-state index in [0.29, 0.717) is 45.0 Å². The van der Waals surface area contributed by atoms with Crippen LogP contribution in [0.5, 0.6) is 0 Å². The highest BCUT2D eigenvalue weighted by Crippen LogP contribution is 2.18. The molecule has 2 heterocycles. The Bertz CT molecular complexity index is 1240. The van der Waals surface area contributed by atoms with Crippen LogP contribution in [-0.4, -0.2) is 68.9 Å². The third-order valence-electron chi connectivity index (χ3n) is 6.75. The SMILES string of the molecule is CCN(CCC(=O)N(C)Cc1ccccc1)C(=O)c1cc2n(n1)CCCN(Cc1ccc(C)cc1)C2=O. The third-order valence-corrected chi connectivity index (χ3v) is 6.75. The van der Waals surface area contributed by atoms with Gasteiger partial charge in [-0.15, -0.1) is 0 Å². The molecule has 0 unspecified atom stereocenters. The number of hydrogen-bond donors (Lipinski definition) is 0. The standard InChI is InChI=1S/C29H35N5O3/c1-4-32(18-15-27(35)31(3)20-23-9-6-5-7-10-23)28(36)25-19-26-29(37)33(16-8-17-34(26)30-25)21-24-13-11-22(2)12-14-24/h5-7,9-14,19H,4,8,15-18,20-21H2,1-3H3. The van der Waals surface area contributed by atoms with Gasteiger partial charge in [0, 0.05) is 58.8 Å². The van der Waals surface area contributed by atoms with Gasteiger partial charge in [0.1, 0.15) is 5.69 Å².